The molecule has 6 heteroatoms. The molecule has 1 aromatic heterocycles. The van der Waals surface area contributed by atoms with E-state index >= 15 is 0 Å². The van der Waals surface area contributed by atoms with Gasteiger partial charge in [-0.1, -0.05) is 23.4 Å². The number of hydrogen-bond acceptors (Lipinski definition) is 4. The number of rotatable bonds is 3. The van der Waals surface area contributed by atoms with Crippen LogP contribution in [0.5, 0.6) is 0 Å². The van der Waals surface area contributed by atoms with Crippen LogP contribution in [-0.4, -0.2) is 26.8 Å². The normalized spacial score (nSPS) is 10.0. The number of carbonyl (C=O) groups is 1. The Hall–Kier alpha value is -0.810. The lowest BCUT2D eigenvalue weighted by Gasteiger charge is -1.99. The van der Waals surface area contributed by atoms with E-state index in [4.69, 9.17) is 16.7 Å². The minimum Gasteiger partial charge on any atom is -0.481 e. The van der Waals surface area contributed by atoms with Crippen molar-refractivity contribution in [3.8, 4) is 0 Å². The predicted molar refractivity (Wildman–Crippen MR) is 50.1 cm³/mol. The second-order valence-electron chi connectivity index (χ2n) is 2.26. The molecule has 0 saturated carbocycles. The van der Waals surface area contributed by atoms with Crippen molar-refractivity contribution in [1.82, 2.24) is 9.97 Å². The molecule has 0 radical (unpaired) electrons. The van der Waals surface area contributed by atoms with Gasteiger partial charge in [-0.3, -0.25) is 4.79 Å². The van der Waals surface area contributed by atoms with Crippen molar-refractivity contribution >= 4 is 29.3 Å². The summed E-state index contributed by atoms with van der Waals surface area (Å²) in [6.45, 7) is 1.71. The van der Waals surface area contributed by atoms with Crippen molar-refractivity contribution in [2.45, 2.75) is 11.9 Å². The summed E-state index contributed by atoms with van der Waals surface area (Å²) in [5.41, 5.74) is 0. The van der Waals surface area contributed by atoms with Crippen LogP contribution in [0.25, 0.3) is 0 Å². The molecule has 4 nitrogen and oxygen atoms in total. The number of aryl methyl sites for hydroxylation is 1. The maximum absolute atomic E-state index is 10.2. The first-order valence-electron chi connectivity index (χ1n) is 3.43. The van der Waals surface area contributed by atoms with Crippen LogP contribution in [0.4, 0.5) is 0 Å². The molecule has 0 saturated heterocycles. The van der Waals surface area contributed by atoms with E-state index in [9.17, 15) is 4.79 Å². The molecular formula is C7H7ClN2O2S. The van der Waals surface area contributed by atoms with Gasteiger partial charge < -0.3 is 5.11 Å². The van der Waals surface area contributed by atoms with E-state index < -0.39 is 5.97 Å². The first-order chi connectivity index (χ1) is 6.08. The van der Waals surface area contributed by atoms with Gasteiger partial charge in [0, 0.05) is 6.07 Å². The predicted octanol–water partition coefficient (Wildman–Crippen LogP) is 1.62. The zero-order chi connectivity index (χ0) is 9.84. The number of aliphatic carboxylic acids is 1. The summed E-state index contributed by atoms with van der Waals surface area (Å²) in [7, 11) is 0. The number of aromatic nitrogens is 2. The Balaban J connectivity index is 2.71. The lowest BCUT2D eigenvalue weighted by atomic mass is 10.6. The molecule has 1 aromatic rings. The van der Waals surface area contributed by atoms with Gasteiger partial charge in [-0.05, 0) is 6.92 Å². The van der Waals surface area contributed by atoms with Crippen molar-refractivity contribution < 1.29 is 9.90 Å². The molecule has 1 rings (SSSR count). The van der Waals surface area contributed by atoms with E-state index in [-0.39, 0.29) is 5.75 Å². The highest BCUT2D eigenvalue weighted by atomic mass is 35.5. The molecule has 0 spiro atoms. The average molecular weight is 219 g/mol. The van der Waals surface area contributed by atoms with Crippen LogP contribution in [-0.2, 0) is 4.79 Å². The zero-order valence-electron chi connectivity index (χ0n) is 6.82. The molecule has 0 aromatic carbocycles. The van der Waals surface area contributed by atoms with Crippen molar-refractivity contribution in [3.05, 3.63) is 17.0 Å². The molecule has 13 heavy (non-hydrogen) atoms. The lowest BCUT2D eigenvalue weighted by Crippen LogP contribution is -1.99. The van der Waals surface area contributed by atoms with Crippen LogP contribution in [0.3, 0.4) is 0 Å². The quantitative estimate of drug-likeness (QED) is 0.617. The minimum atomic E-state index is -0.877. The van der Waals surface area contributed by atoms with Gasteiger partial charge in [-0.2, -0.15) is 0 Å². The summed E-state index contributed by atoms with van der Waals surface area (Å²) in [6.07, 6.45) is 0. The molecule has 0 aliphatic rings. The lowest BCUT2D eigenvalue weighted by molar-refractivity contribution is -0.133. The molecule has 0 bridgehead atoms. The number of thioether (sulfide) groups is 1. The third-order valence-electron chi connectivity index (χ3n) is 1.13. The van der Waals surface area contributed by atoms with Crippen LogP contribution in [0, 0.1) is 6.92 Å². The molecule has 0 atom stereocenters. The Morgan fingerprint density at radius 1 is 1.69 bits per heavy atom. The maximum Gasteiger partial charge on any atom is 0.313 e. The van der Waals surface area contributed by atoms with Crippen LogP contribution in [0.15, 0.2) is 11.1 Å². The summed E-state index contributed by atoms with van der Waals surface area (Å²) in [5.74, 6) is -0.356. The largest absolute Gasteiger partial charge is 0.481 e. The van der Waals surface area contributed by atoms with Gasteiger partial charge in [0.1, 0.15) is 16.0 Å². The molecule has 0 aliphatic carbocycles. The highest BCUT2D eigenvalue weighted by Gasteiger charge is 2.03. The molecule has 0 amide bonds. The van der Waals surface area contributed by atoms with E-state index in [0.717, 1.165) is 11.8 Å². The Labute approximate surface area is 84.3 Å². The second kappa shape index (κ2) is 4.43. The van der Waals surface area contributed by atoms with Crippen LogP contribution in [0.1, 0.15) is 5.82 Å². The maximum atomic E-state index is 10.2. The molecular weight excluding hydrogens is 212 g/mol. The van der Waals surface area contributed by atoms with E-state index in [1.807, 2.05) is 0 Å². The van der Waals surface area contributed by atoms with Crippen molar-refractivity contribution in [2.24, 2.45) is 0 Å². The number of halogens is 1. The molecule has 0 unspecified atom stereocenters. The van der Waals surface area contributed by atoms with Crippen molar-refractivity contribution in [1.29, 1.82) is 0 Å². The van der Waals surface area contributed by atoms with Gasteiger partial charge in [-0.25, -0.2) is 9.97 Å². The summed E-state index contributed by atoms with van der Waals surface area (Å²) >= 11 is 6.78. The third-order valence-corrected chi connectivity index (χ3v) is 2.22. The SMILES string of the molecule is Cc1nc(Cl)cc(SCC(=O)O)n1. The third kappa shape index (κ3) is 3.61. The van der Waals surface area contributed by atoms with Gasteiger partial charge in [0.15, 0.2) is 0 Å². The molecule has 70 valence electrons. The van der Waals surface area contributed by atoms with Crippen LogP contribution >= 0.6 is 23.4 Å². The fraction of sp³-hybridized carbons (Fsp3) is 0.286. The summed E-state index contributed by atoms with van der Waals surface area (Å²) < 4.78 is 0. The zero-order valence-corrected chi connectivity index (χ0v) is 8.39. The first kappa shape index (κ1) is 10.3. The number of hydrogen-bond donors (Lipinski definition) is 1. The second-order valence-corrected chi connectivity index (χ2v) is 3.64. The first-order valence-corrected chi connectivity index (χ1v) is 4.80. The van der Waals surface area contributed by atoms with Gasteiger partial charge in [0.2, 0.25) is 0 Å². The van der Waals surface area contributed by atoms with E-state index in [1.165, 1.54) is 0 Å². The molecule has 0 fully saturated rings. The van der Waals surface area contributed by atoms with Gasteiger partial charge in [0.05, 0.1) is 5.75 Å². The van der Waals surface area contributed by atoms with Crippen molar-refractivity contribution in [3.63, 3.8) is 0 Å². The molecule has 1 N–H and O–H groups in total. The fourth-order valence-corrected chi connectivity index (χ4v) is 1.67. The topological polar surface area (TPSA) is 63.1 Å². The highest BCUT2D eigenvalue weighted by Crippen LogP contribution is 2.17. The average Bonchev–Trinajstić information content (AvgIpc) is 1.99. The number of carboxylic acid groups (broad SMARTS) is 1. The monoisotopic (exact) mass is 218 g/mol. The number of nitrogens with zero attached hydrogens (tertiary/aromatic N) is 2. The Morgan fingerprint density at radius 3 is 2.92 bits per heavy atom. The number of carboxylic acids is 1. The summed E-state index contributed by atoms with van der Waals surface area (Å²) in [5, 5.41) is 9.33. The standard InChI is InChI=1S/C7H7ClN2O2S/c1-4-9-5(8)2-6(10-4)13-3-7(11)12/h2H,3H2,1H3,(H,11,12). The van der Waals surface area contributed by atoms with Crippen LogP contribution in [0.2, 0.25) is 5.15 Å². The Morgan fingerprint density at radius 2 is 2.38 bits per heavy atom. The minimum absolute atomic E-state index is 0.0210. The Kier molecular flexibility index (Phi) is 3.50. The summed E-state index contributed by atoms with van der Waals surface area (Å²) in [6, 6.07) is 1.54. The molecule has 1 heterocycles. The van der Waals surface area contributed by atoms with Gasteiger partial charge in [0.25, 0.3) is 0 Å². The molecule has 0 aliphatic heterocycles. The fourth-order valence-electron chi connectivity index (χ4n) is 0.715. The van der Waals surface area contributed by atoms with Gasteiger partial charge in [-0.15, -0.1) is 0 Å². The summed E-state index contributed by atoms with van der Waals surface area (Å²) in [4.78, 5) is 18.1. The van der Waals surface area contributed by atoms with E-state index in [1.54, 1.807) is 13.0 Å². The van der Waals surface area contributed by atoms with Crippen molar-refractivity contribution in [2.75, 3.05) is 5.75 Å². The smallest absolute Gasteiger partial charge is 0.313 e. The van der Waals surface area contributed by atoms with E-state index in [2.05, 4.69) is 9.97 Å². The van der Waals surface area contributed by atoms with E-state index in [0.29, 0.717) is 16.0 Å². The van der Waals surface area contributed by atoms with Gasteiger partial charge >= 0.3 is 5.97 Å². The Bertz CT molecular complexity index is 312. The van der Waals surface area contributed by atoms with Crippen LogP contribution < -0.4 is 0 Å². The highest BCUT2D eigenvalue weighted by molar-refractivity contribution is 7.99.